The lowest BCUT2D eigenvalue weighted by molar-refractivity contribution is -0.123. The highest BCUT2D eigenvalue weighted by Crippen LogP contribution is 2.09. The van der Waals surface area contributed by atoms with Crippen molar-refractivity contribution in [1.29, 1.82) is 0 Å². The van der Waals surface area contributed by atoms with E-state index in [2.05, 4.69) is 22.3 Å². The number of hydrogen-bond donors (Lipinski definition) is 4. The van der Waals surface area contributed by atoms with Crippen LogP contribution < -0.4 is 10.6 Å². The molecular weight excluding hydrogens is 270 g/mol. The zero-order chi connectivity index (χ0) is 16.3. The second kappa shape index (κ2) is 10.3. The number of carbonyl (C=O) groups is 1. The van der Waals surface area contributed by atoms with Crippen molar-refractivity contribution in [2.45, 2.75) is 32.7 Å². The molecule has 0 aromatic carbocycles. The van der Waals surface area contributed by atoms with E-state index >= 15 is 0 Å². The van der Waals surface area contributed by atoms with Crippen LogP contribution in [0.15, 0.2) is 29.0 Å². The van der Waals surface area contributed by atoms with Crippen molar-refractivity contribution in [2.24, 2.45) is 10.9 Å². The van der Waals surface area contributed by atoms with Gasteiger partial charge in [0.2, 0.25) is 5.91 Å². The van der Waals surface area contributed by atoms with Crippen LogP contribution in [0.1, 0.15) is 27.2 Å². The molecule has 0 saturated carbocycles. The number of nitrogens with one attached hydrogen (secondary N) is 2. The Labute approximate surface area is 126 Å². The van der Waals surface area contributed by atoms with E-state index in [1.807, 2.05) is 13.8 Å². The Bertz CT molecular complexity index is 379. The lowest BCUT2D eigenvalue weighted by atomic mass is 9.97. The summed E-state index contributed by atoms with van der Waals surface area (Å²) in [4.78, 5) is 15.6. The van der Waals surface area contributed by atoms with Crippen LogP contribution in [0.4, 0.5) is 0 Å². The molecule has 0 bridgehead atoms. The minimum absolute atomic E-state index is 0.148. The minimum Gasteiger partial charge on any atom is -0.394 e. The average Bonchev–Trinajstić information content (AvgIpc) is 2.52. The predicted molar refractivity (Wildman–Crippen MR) is 84.9 cm³/mol. The summed E-state index contributed by atoms with van der Waals surface area (Å²) in [6, 6.07) is 0. The summed E-state index contributed by atoms with van der Waals surface area (Å²) in [7, 11) is 0. The Balaban J connectivity index is 4.52. The first-order valence-electron chi connectivity index (χ1n) is 7.04. The summed E-state index contributed by atoms with van der Waals surface area (Å²) < 4.78 is 0. The molecule has 1 atom stereocenters. The third-order valence-electron chi connectivity index (χ3n) is 3.45. The molecule has 6 nitrogen and oxygen atoms in total. The van der Waals surface area contributed by atoms with Gasteiger partial charge in [0.1, 0.15) is 0 Å². The summed E-state index contributed by atoms with van der Waals surface area (Å²) in [6.07, 6.45) is 5.49. The lowest BCUT2D eigenvalue weighted by Gasteiger charge is -2.31. The second-order valence-corrected chi connectivity index (χ2v) is 4.96. The first-order chi connectivity index (χ1) is 9.98. The highest BCUT2D eigenvalue weighted by atomic mass is 16.3. The van der Waals surface area contributed by atoms with Crippen molar-refractivity contribution in [3.8, 4) is 0 Å². The van der Waals surface area contributed by atoms with Crippen LogP contribution in [0.3, 0.4) is 0 Å². The fourth-order valence-corrected chi connectivity index (χ4v) is 1.58. The van der Waals surface area contributed by atoms with Crippen LogP contribution in [0.5, 0.6) is 0 Å². The van der Waals surface area contributed by atoms with Gasteiger partial charge in [-0.1, -0.05) is 19.9 Å². The molecule has 0 aromatic rings. The predicted octanol–water partition coefficient (Wildman–Crippen LogP) is 0.580. The second-order valence-electron chi connectivity index (χ2n) is 4.96. The van der Waals surface area contributed by atoms with Crippen LogP contribution >= 0.6 is 0 Å². The molecule has 0 heterocycles. The minimum atomic E-state index is -0.745. The Hall–Kier alpha value is -1.50. The van der Waals surface area contributed by atoms with Gasteiger partial charge in [-0.15, -0.1) is 0 Å². The highest BCUT2D eigenvalue weighted by molar-refractivity contribution is 5.80. The topological polar surface area (TPSA) is 94.0 Å². The maximum Gasteiger partial charge on any atom is 0.228 e. The Morgan fingerprint density at radius 2 is 2.05 bits per heavy atom. The van der Waals surface area contributed by atoms with Gasteiger partial charge in [0.15, 0.2) is 0 Å². The molecule has 21 heavy (non-hydrogen) atoms. The number of amides is 1. The summed E-state index contributed by atoms with van der Waals surface area (Å²) in [6.45, 7) is 8.80. The molecule has 0 aliphatic heterocycles. The molecule has 0 radical (unpaired) electrons. The number of aliphatic hydroxyl groups excluding tert-OH is 2. The van der Waals surface area contributed by atoms with Crippen molar-refractivity contribution >= 4 is 12.6 Å². The molecule has 0 aliphatic rings. The summed E-state index contributed by atoms with van der Waals surface area (Å²) in [5.74, 6) is -0.459. The number of allylic oxidation sites excluding steroid dienone is 2. The van der Waals surface area contributed by atoms with Gasteiger partial charge in [0, 0.05) is 24.4 Å². The van der Waals surface area contributed by atoms with Crippen LogP contribution in [0.2, 0.25) is 0 Å². The number of aliphatic imine (C=N–C) groups is 1. The van der Waals surface area contributed by atoms with Crippen LogP contribution in [-0.4, -0.2) is 48.1 Å². The monoisotopic (exact) mass is 297 g/mol. The van der Waals surface area contributed by atoms with Gasteiger partial charge in [-0.3, -0.25) is 9.79 Å². The Morgan fingerprint density at radius 1 is 1.43 bits per heavy atom. The molecule has 120 valence electrons. The van der Waals surface area contributed by atoms with E-state index in [9.17, 15) is 15.0 Å². The molecule has 0 aromatic heterocycles. The largest absolute Gasteiger partial charge is 0.394 e. The normalized spacial score (nSPS) is 14.2. The van der Waals surface area contributed by atoms with E-state index < -0.39 is 5.54 Å². The van der Waals surface area contributed by atoms with Gasteiger partial charge in [-0.25, -0.2) is 0 Å². The first kappa shape index (κ1) is 19.5. The highest BCUT2D eigenvalue weighted by Gasteiger charge is 2.27. The molecule has 0 aliphatic carbocycles. The van der Waals surface area contributed by atoms with E-state index in [1.165, 1.54) is 6.20 Å². The number of rotatable bonds is 10. The first-order valence-corrected chi connectivity index (χ1v) is 7.04. The fraction of sp³-hybridized carbons (Fsp3) is 0.600. The van der Waals surface area contributed by atoms with E-state index in [0.717, 1.165) is 0 Å². The molecule has 1 unspecified atom stereocenters. The number of hydrogen-bond acceptors (Lipinski definition) is 5. The van der Waals surface area contributed by atoms with Gasteiger partial charge in [0.25, 0.3) is 0 Å². The number of carbonyl (C=O) groups excluding carboxylic acids is 1. The lowest BCUT2D eigenvalue weighted by Crippen LogP contribution is -2.53. The van der Waals surface area contributed by atoms with Crippen LogP contribution in [-0.2, 0) is 4.79 Å². The summed E-state index contributed by atoms with van der Waals surface area (Å²) in [5.41, 5.74) is -0.102. The maximum absolute atomic E-state index is 12.1. The zero-order valence-corrected chi connectivity index (χ0v) is 13.1. The average molecular weight is 297 g/mol. The Morgan fingerprint density at radius 3 is 2.48 bits per heavy atom. The van der Waals surface area contributed by atoms with Gasteiger partial charge >= 0.3 is 0 Å². The van der Waals surface area contributed by atoms with Gasteiger partial charge in [0.05, 0.1) is 18.8 Å². The van der Waals surface area contributed by atoms with E-state index in [0.29, 0.717) is 18.7 Å². The third kappa shape index (κ3) is 6.66. The van der Waals surface area contributed by atoms with E-state index in [4.69, 9.17) is 0 Å². The summed E-state index contributed by atoms with van der Waals surface area (Å²) >= 11 is 0. The molecule has 1 amide bonds. The van der Waals surface area contributed by atoms with Crippen LogP contribution in [0, 0.1) is 5.92 Å². The zero-order valence-electron chi connectivity index (χ0n) is 13.1. The van der Waals surface area contributed by atoms with Gasteiger partial charge < -0.3 is 20.8 Å². The maximum atomic E-state index is 12.1. The molecule has 4 N–H and O–H groups in total. The molecule has 0 spiro atoms. The summed E-state index contributed by atoms with van der Waals surface area (Å²) in [5, 5.41) is 24.5. The SMILES string of the molecule is C=N/C=C\C(=C/C)NC(=O)C(C)CNC(CC)(CO)CO. The van der Waals surface area contributed by atoms with E-state index in [1.54, 1.807) is 19.1 Å². The molecular formula is C15H27N3O3. The third-order valence-corrected chi connectivity index (χ3v) is 3.45. The molecule has 0 rings (SSSR count). The number of aliphatic hydroxyl groups is 2. The van der Waals surface area contributed by atoms with Crippen molar-refractivity contribution in [3.05, 3.63) is 24.0 Å². The quantitative estimate of drug-likeness (QED) is 0.350. The van der Waals surface area contributed by atoms with Gasteiger partial charge in [-0.05, 0) is 26.1 Å². The smallest absolute Gasteiger partial charge is 0.228 e. The van der Waals surface area contributed by atoms with Crippen molar-refractivity contribution in [1.82, 2.24) is 10.6 Å². The van der Waals surface area contributed by atoms with Crippen molar-refractivity contribution in [3.63, 3.8) is 0 Å². The van der Waals surface area contributed by atoms with Crippen molar-refractivity contribution < 1.29 is 15.0 Å². The van der Waals surface area contributed by atoms with Gasteiger partial charge in [-0.2, -0.15) is 0 Å². The van der Waals surface area contributed by atoms with Crippen molar-refractivity contribution in [2.75, 3.05) is 19.8 Å². The molecule has 6 heteroatoms. The standard InChI is InChI=1S/C15H27N3O3/c1-5-13(7-8-16-4)18-14(21)12(3)9-17-15(6-2,10-19)11-20/h5,7-8,12,17,19-20H,4,6,9-11H2,1-3H3,(H,18,21)/b8-7-,13-5+. The molecule has 0 fully saturated rings. The number of nitrogens with zero attached hydrogens (tertiary/aromatic N) is 1. The fourth-order valence-electron chi connectivity index (χ4n) is 1.58. The molecule has 0 saturated heterocycles. The van der Waals surface area contributed by atoms with E-state index in [-0.39, 0.29) is 25.0 Å². The van der Waals surface area contributed by atoms with Crippen LogP contribution in [0.25, 0.3) is 0 Å². The Kier molecular flexibility index (Phi) is 9.53.